The van der Waals surface area contributed by atoms with Crippen LogP contribution in [-0.2, 0) is 0 Å². The van der Waals surface area contributed by atoms with Crippen molar-refractivity contribution in [3.05, 3.63) is 42.7 Å². The Hall–Kier alpha value is -1.15. The molecule has 1 heterocycles. The lowest BCUT2D eigenvalue weighted by molar-refractivity contribution is 0.224. The van der Waals surface area contributed by atoms with Crippen molar-refractivity contribution in [3.63, 3.8) is 0 Å². The summed E-state index contributed by atoms with van der Waals surface area (Å²) in [5.74, 6) is 0. The highest BCUT2D eigenvalue weighted by atomic mass is 16.3. The third-order valence-electron chi connectivity index (χ3n) is 1.16. The van der Waals surface area contributed by atoms with Gasteiger partial charge in [-0.3, -0.25) is 4.98 Å². The Kier molecular flexibility index (Phi) is 2.18. The van der Waals surface area contributed by atoms with Crippen molar-refractivity contribution in [2.75, 3.05) is 0 Å². The van der Waals surface area contributed by atoms with Crippen molar-refractivity contribution in [2.24, 2.45) is 0 Å². The van der Waals surface area contributed by atoms with E-state index in [9.17, 15) is 0 Å². The Morgan fingerprint density at radius 1 is 1.80 bits per heavy atom. The average molecular weight is 134 g/mol. The monoisotopic (exact) mass is 134 g/mol. The van der Waals surface area contributed by atoms with Crippen molar-refractivity contribution in [1.82, 2.24) is 4.98 Å². The fourth-order valence-corrected chi connectivity index (χ4v) is 0.627. The Bertz CT molecular complexity index is 208. The second kappa shape index (κ2) is 3.13. The van der Waals surface area contributed by atoms with Crippen LogP contribution < -0.4 is 0 Å². The molecule has 1 aromatic rings. The number of hydrogen-bond donors (Lipinski definition) is 1. The summed E-state index contributed by atoms with van der Waals surface area (Å²) in [6.07, 6.45) is 2.29. The van der Waals surface area contributed by atoms with Crippen molar-refractivity contribution in [3.8, 4) is 0 Å². The first kappa shape index (κ1) is 6.96. The molecular weight excluding hydrogens is 126 g/mol. The van der Waals surface area contributed by atoms with E-state index < -0.39 is 6.10 Å². The maximum Gasteiger partial charge on any atom is 0.114 e. The zero-order chi connectivity index (χ0) is 7.40. The van der Waals surface area contributed by atoms with E-state index in [0.29, 0.717) is 5.69 Å². The summed E-state index contributed by atoms with van der Waals surface area (Å²) < 4.78 is 0. The van der Waals surface area contributed by atoms with Gasteiger partial charge in [-0.05, 0) is 6.07 Å². The van der Waals surface area contributed by atoms with E-state index in [0.717, 1.165) is 0 Å². The first-order valence-electron chi connectivity index (χ1n) is 2.97. The van der Waals surface area contributed by atoms with E-state index in [4.69, 9.17) is 5.11 Å². The van der Waals surface area contributed by atoms with Gasteiger partial charge >= 0.3 is 0 Å². The van der Waals surface area contributed by atoms with Crippen LogP contribution in [0.25, 0.3) is 0 Å². The van der Waals surface area contributed by atoms with Gasteiger partial charge in [-0.1, -0.05) is 12.1 Å². The van der Waals surface area contributed by atoms with Crippen LogP contribution in [0.5, 0.6) is 0 Å². The molecule has 1 radical (unpaired) electrons. The zero-order valence-electron chi connectivity index (χ0n) is 5.49. The number of rotatable bonds is 2. The molecule has 1 rings (SSSR count). The maximum absolute atomic E-state index is 9.13. The summed E-state index contributed by atoms with van der Waals surface area (Å²) in [5.41, 5.74) is 0.605. The van der Waals surface area contributed by atoms with Gasteiger partial charge in [0.15, 0.2) is 0 Å². The minimum absolute atomic E-state index is 0.605. The molecule has 2 nitrogen and oxygen atoms in total. The summed E-state index contributed by atoms with van der Waals surface area (Å²) in [6, 6.07) is 6.16. The number of aliphatic hydroxyl groups is 1. The fourth-order valence-electron chi connectivity index (χ4n) is 0.627. The lowest BCUT2D eigenvalue weighted by Gasteiger charge is -2.01. The molecule has 1 N–H and O–H groups in total. The number of hydrogen-bond acceptors (Lipinski definition) is 2. The molecule has 0 amide bonds. The molecule has 0 aliphatic carbocycles. The Labute approximate surface area is 59.9 Å². The Balaban J connectivity index is 2.84. The highest BCUT2D eigenvalue weighted by molar-refractivity contribution is 5.09. The molecule has 10 heavy (non-hydrogen) atoms. The highest BCUT2D eigenvalue weighted by Crippen LogP contribution is 2.07. The molecular formula is C8H8NO. The van der Waals surface area contributed by atoms with Gasteiger partial charge in [-0.15, -0.1) is 6.58 Å². The van der Waals surface area contributed by atoms with Gasteiger partial charge in [0.1, 0.15) is 6.10 Å². The van der Waals surface area contributed by atoms with Gasteiger partial charge in [-0.25, -0.2) is 0 Å². The predicted octanol–water partition coefficient (Wildman–Crippen LogP) is 1.10. The zero-order valence-corrected chi connectivity index (χ0v) is 5.49. The molecule has 51 valence electrons. The van der Waals surface area contributed by atoms with E-state index in [-0.39, 0.29) is 0 Å². The third-order valence-corrected chi connectivity index (χ3v) is 1.16. The van der Waals surface area contributed by atoms with E-state index in [1.807, 2.05) is 0 Å². The van der Waals surface area contributed by atoms with Crippen molar-refractivity contribution >= 4 is 0 Å². The summed E-state index contributed by atoms with van der Waals surface area (Å²) >= 11 is 0. The quantitative estimate of drug-likeness (QED) is 0.614. The molecule has 0 bridgehead atoms. The van der Waals surface area contributed by atoms with Crippen LogP contribution in [0.4, 0.5) is 0 Å². The van der Waals surface area contributed by atoms with Crippen LogP contribution in [0.2, 0.25) is 0 Å². The van der Waals surface area contributed by atoms with Crippen LogP contribution in [0.1, 0.15) is 11.8 Å². The van der Waals surface area contributed by atoms with Gasteiger partial charge in [0, 0.05) is 12.3 Å². The summed E-state index contributed by atoms with van der Waals surface area (Å²) in [5, 5.41) is 9.13. The number of aromatic nitrogens is 1. The molecule has 0 aliphatic heterocycles. The van der Waals surface area contributed by atoms with Gasteiger partial charge < -0.3 is 5.11 Å². The van der Waals surface area contributed by atoms with E-state index >= 15 is 0 Å². The number of aliphatic hydroxyl groups excluding tert-OH is 1. The minimum Gasteiger partial charge on any atom is -0.383 e. The average Bonchev–Trinajstić information content (AvgIpc) is 2.05. The lowest BCUT2D eigenvalue weighted by Crippen LogP contribution is -1.94. The largest absolute Gasteiger partial charge is 0.383 e. The summed E-state index contributed by atoms with van der Waals surface area (Å²) in [6.45, 7) is 3.44. The van der Waals surface area contributed by atoms with Gasteiger partial charge in [0.05, 0.1) is 5.69 Å². The van der Waals surface area contributed by atoms with Crippen LogP contribution in [0.15, 0.2) is 31.0 Å². The fraction of sp³-hybridized carbons (Fsp3) is 0.125. The number of pyridine rings is 1. The van der Waals surface area contributed by atoms with E-state index in [2.05, 4.69) is 17.6 Å². The van der Waals surface area contributed by atoms with Crippen LogP contribution in [-0.4, -0.2) is 10.1 Å². The van der Waals surface area contributed by atoms with Crippen LogP contribution >= 0.6 is 0 Å². The maximum atomic E-state index is 9.13. The molecule has 2 heteroatoms. The highest BCUT2D eigenvalue weighted by Gasteiger charge is 2.00. The Morgan fingerprint density at radius 3 is 3.10 bits per heavy atom. The lowest BCUT2D eigenvalue weighted by atomic mass is 10.2. The topological polar surface area (TPSA) is 33.1 Å². The van der Waals surface area contributed by atoms with Crippen LogP contribution in [0, 0.1) is 6.07 Å². The second-order valence-electron chi connectivity index (χ2n) is 1.86. The first-order chi connectivity index (χ1) is 4.84. The van der Waals surface area contributed by atoms with Crippen molar-refractivity contribution in [1.29, 1.82) is 0 Å². The molecule has 0 fully saturated rings. The summed E-state index contributed by atoms with van der Waals surface area (Å²) in [7, 11) is 0. The molecule has 0 aliphatic rings. The molecule has 0 saturated heterocycles. The van der Waals surface area contributed by atoms with Gasteiger partial charge in [0.2, 0.25) is 0 Å². The van der Waals surface area contributed by atoms with Gasteiger partial charge in [0.25, 0.3) is 0 Å². The number of nitrogens with zero attached hydrogens (tertiary/aromatic N) is 1. The van der Waals surface area contributed by atoms with Crippen molar-refractivity contribution < 1.29 is 5.11 Å². The summed E-state index contributed by atoms with van der Waals surface area (Å²) in [4.78, 5) is 3.87. The molecule has 0 aromatic carbocycles. The van der Waals surface area contributed by atoms with Crippen LogP contribution in [0.3, 0.4) is 0 Å². The molecule has 0 spiro atoms. The standard InChI is InChI=1S/C8H8NO/c1-2-8(10)7-5-3-4-6-9-7/h2-3,5-6,8,10H,1H2. The SMILES string of the molecule is C=CC(O)c1cc[c]cn1. The Morgan fingerprint density at radius 2 is 2.60 bits per heavy atom. The molecule has 1 atom stereocenters. The first-order valence-corrected chi connectivity index (χ1v) is 2.97. The molecule has 0 saturated carbocycles. The molecule has 1 unspecified atom stereocenters. The van der Waals surface area contributed by atoms with Gasteiger partial charge in [-0.2, -0.15) is 0 Å². The second-order valence-corrected chi connectivity index (χ2v) is 1.86. The normalized spacial score (nSPS) is 12.5. The predicted molar refractivity (Wildman–Crippen MR) is 38.2 cm³/mol. The minimum atomic E-state index is -0.658. The van der Waals surface area contributed by atoms with Crippen molar-refractivity contribution in [2.45, 2.75) is 6.10 Å². The smallest absolute Gasteiger partial charge is 0.114 e. The van der Waals surface area contributed by atoms with E-state index in [1.165, 1.54) is 12.3 Å². The third kappa shape index (κ3) is 1.42. The molecule has 1 aromatic heterocycles. The van der Waals surface area contributed by atoms with E-state index in [1.54, 1.807) is 12.1 Å².